The standard InChI is InChI=1S/C22H20N2O/c1-2-24-21-9-4-3-8-19(21)20-13-16(10-11-22(20)24)14-23-18-7-5-6-17(12-18)15-25/h3-14,25H,2,15H2,1H3. The summed E-state index contributed by atoms with van der Waals surface area (Å²) in [5.41, 5.74) is 5.31. The molecule has 0 bridgehead atoms. The number of nitrogens with zero attached hydrogens (tertiary/aromatic N) is 2. The van der Waals surface area contributed by atoms with Crippen molar-refractivity contribution in [1.82, 2.24) is 4.57 Å². The maximum atomic E-state index is 9.24. The molecular formula is C22H20N2O. The van der Waals surface area contributed by atoms with Crippen LogP contribution in [0.15, 0.2) is 71.7 Å². The molecule has 1 aromatic heterocycles. The number of aliphatic imine (C=N–C) groups is 1. The predicted octanol–water partition coefficient (Wildman–Crippen LogP) is 5.06. The Labute approximate surface area is 146 Å². The van der Waals surface area contributed by atoms with Crippen LogP contribution in [0.3, 0.4) is 0 Å². The first-order valence-electron chi connectivity index (χ1n) is 8.55. The lowest BCUT2D eigenvalue weighted by molar-refractivity contribution is 0.282. The van der Waals surface area contributed by atoms with Gasteiger partial charge in [0.2, 0.25) is 0 Å². The summed E-state index contributed by atoms with van der Waals surface area (Å²) in [4.78, 5) is 4.56. The molecule has 0 aliphatic carbocycles. The first-order valence-corrected chi connectivity index (χ1v) is 8.55. The van der Waals surface area contributed by atoms with Gasteiger partial charge in [-0.1, -0.05) is 36.4 Å². The van der Waals surface area contributed by atoms with Gasteiger partial charge in [0.05, 0.1) is 12.3 Å². The number of hydrogen-bond acceptors (Lipinski definition) is 2. The third-order valence-corrected chi connectivity index (χ3v) is 4.57. The molecule has 0 aliphatic heterocycles. The molecule has 3 aromatic carbocycles. The predicted molar refractivity (Wildman–Crippen MR) is 105 cm³/mol. The Morgan fingerprint density at radius 2 is 1.76 bits per heavy atom. The first kappa shape index (κ1) is 15.6. The fraction of sp³-hybridized carbons (Fsp3) is 0.136. The molecule has 0 spiro atoms. The Hall–Kier alpha value is -2.91. The van der Waals surface area contributed by atoms with Gasteiger partial charge in [0, 0.05) is 34.6 Å². The van der Waals surface area contributed by atoms with Crippen LogP contribution in [0.25, 0.3) is 21.8 Å². The van der Waals surface area contributed by atoms with E-state index in [-0.39, 0.29) is 6.61 Å². The fourth-order valence-electron chi connectivity index (χ4n) is 3.38. The Morgan fingerprint density at radius 3 is 2.60 bits per heavy atom. The van der Waals surface area contributed by atoms with Crippen molar-refractivity contribution in [3.63, 3.8) is 0 Å². The molecule has 0 aliphatic rings. The molecular weight excluding hydrogens is 308 g/mol. The van der Waals surface area contributed by atoms with Crippen molar-refractivity contribution in [3.8, 4) is 0 Å². The van der Waals surface area contributed by atoms with E-state index in [9.17, 15) is 5.11 Å². The van der Waals surface area contributed by atoms with Gasteiger partial charge >= 0.3 is 0 Å². The lowest BCUT2D eigenvalue weighted by Gasteiger charge is -2.02. The number of fused-ring (bicyclic) bond motifs is 3. The smallest absolute Gasteiger partial charge is 0.0682 e. The molecule has 0 radical (unpaired) electrons. The summed E-state index contributed by atoms with van der Waals surface area (Å²) < 4.78 is 2.34. The van der Waals surface area contributed by atoms with Gasteiger partial charge in [-0.05, 0) is 48.4 Å². The highest BCUT2D eigenvalue weighted by Crippen LogP contribution is 2.29. The van der Waals surface area contributed by atoms with Crippen LogP contribution < -0.4 is 0 Å². The summed E-state index contributed by atoms with van der Waals surface area (Å²) >= 11 is 0. The van der Waals surface area contributed by atoms with E-state index in [1.165, 1.54) is 21.8 Å². The van der Waals surface area contributed by atoms with Crippen molar-refractivity contribution in [2.45, 2.75) is 20.1 Å². The third kappa shape index (κ3) is 2.83. The zero-order chi connectivity index (χ0) is 17.2. The van der Waals surface area contributed by atoms with Gasteiger partial charge in [0.1, 0.15) is 0 Å². The molecule has 1 N–H and O–H groups in total. The Kier molecular flexibility index (Phi) is 4.08. The van der Waals surface area contributed by atoms with Gasteiger partial charge in [-0.25, -0.2) is 0 Å². The van der Waals surface area contributed by atoms with Crippen molar-refractivity contribution in [1.29, 1.82) is 0 Å². The molecule has 0 fully saturated rings. The van der Waals surface area contributed by atoms with E-state index < -0.39 is 0 Å². The quantitative estimate of drug-likeness (QED) is 0.523. The zero-order valence-corrected chi connectivity index (χ0v) is 14.2. The van der Waals surface area contributed by atoms with Crippen LogP contribution in [-0.2, 0) is 13.2 Å². The van der Waals surface area contributed by atoms with E-state index in [1.54, 1.807) is 0 Å². The van der Waals surface area contributed by atoms with Crippen LogP contribution in [0.2, 0.25) is 0 Å². The molecule has 25 heavy (non-hydrogen) atoms. The SMILES string of the molecule is CCn1c2ccccc2c2cc(C=Nc3cccc(CO)c3)ccc21. The monoisotopic (exact) mass is 328 g/mol. The number of hydrogen-bond donors (Lipinski definition) is 1. The third-order valence-electron chi connectivity index (χ3n) is 4.57. The summed E-state index contributed by atoms with van der Waals surface area (Å²) in [7, 11) is 0. The number of aliphatic hydroxyl groups excluding tert-OH is 1. The highest BCUT2D eigenvalue weighted by atomic mass is 16.3. The largest absolute Gasteiger partial charge is 0.392 e. The number of aliphatic hydroxyl groups is 1. The lowest BCUT2D eigenvalue weighted by Crippen LogP contribution is -1.92. The van der Waals surface area contributed by atoms with Gasteiger partial charge in [0.25, 0.3) is 0 Å². The van der Waals surface area contributed by atoms with Crippen LogP contribution in [0.1, 0.15) is 18.1 Å². The van der Waals surface area contributed by atoms with Crippen LogP contribution in [0.5, 0.6) is 0 Å². The summed E-state index contributed by atoms with van der Waals surface area (Å²) in [6, 6.07) is 22.6. The number of benzene rings is 3. The molecule has 4 aromatic rings. The van der Waals surface area contributed by atoms with Gasteiger partial charge < -0.3 is 9.67 Å². The van der Waals surface area contributed by atoms with E-state index in [2.05, 4.69) is 58.9 Å². The molecule has 0 saturated heterocycles. The maximum absolute atomic E-state index is 9.24. The second kappa shape index (κ2) is 6.54. The highest BCUT2D eigenvalue weighted by Gasteiger charge is 2.08. The van der Waals surface area contributed by atoms with Crippen molar-refractivity contribution < 1.29 is 5.11 Å². The van der Waals surface area contributed by atoms with Crippen LogP contribution in [0, 0.1) is 0 Å². The molecule has 3 heteroatoms. The molecule has 124 valence electrons. The molecule has 4 rings (SSSR count). The number of aromatic nitrogens is 1. The first-order chi connectivity index (χ1) is 12.3. The average molecular weight is 328 g/mol. The summed E-state index contributed by atoms with van der Waals surface area (Å²) in [6.07, 6.45) is 1.88. The van der Waals surface area contributed by atoms with Gasteiger partial charge in [-0.2, -0.15) is 0 Å². The number of rotatable bonds is 4. The van der Waals surface area contributed by atoms with E-state index in [0.29, 0.717) is 0 Å². The Morgan fingerprint density at radius 1 is 0.920 bits per heavy atom. The summed E-state index contributed by atoms with van der Waals surface area (Å²) in [5, 5.41) is 11.8. The molecule has 0 amide bonds. The van der Waals surface area contributed by atoms with Crippen molar-refractivity contribution in [3.05, 3.63) is 77.9 Å². The van der Waals surface area contributed by atoms with E-state index >= 15 is 0 Å². The molecule has 0 atom stereocenters. The second-order valence-electron chi connectivity index (χ2n) is 6.12. The minimum Gasteiger partial charge on any atom is -0.392 e. The van der Waals surface area contributed by atoms with Crippen LogP contribution in [0.4, 0.5) is 5.69 Å². The van der Waals surface area contributed by atoms with Crippen molar-refractivity contribution in [2.24, 2.45) is 4.99 Å². The summed E-state index contributed by atoms with van der Waals surface area (Å²) in [6.45, 7) is 3.16. The normalized spacial score (nSPS) is 11.8. The highest BCUT2D eigenvalue weighted by molar-refractivity contribution is 6.09. The summed E-state index contributed by atoms with van der Waals surface area (Å²) in [5.74, 6) is 0. The minimum absolute atomic E-state index is 0.0336. The van der Waals surface area contributed by atoms with E-state index in [1.807, 2.05) is 30.5 Å². The van der Waals surface area contributed by atoms with Gasteiger partial charge in [0.15, 0.2) is 0 Å². The fourth-order valence-corrected chi connectivity index (χ4v) is 3.38. The molecule has 3 nitrogen and oxygen atoms in total. The van der Waals surface area contributed by atoms with E-state index in [4.69, 9.17) is 0 Å². The Balaban J connectivity index is 1.78. The molecule has 0 unspecified atom stereocenters. The van der Waals surface area contributed by atoms with Crippen molar-refractivity contribution >= 4 is 33.7 Å². The zero-order valence-electron chi connectivity index (χ0n) is 14.2. The lowest BCUT2D eigenvalue weighted by atomic mass is 10.1. The molecule has 1 heterocycles. The second-order valence-corrected chi connectivity index (χ2v) is 6.12. The average Bonchev–Trinajstić information content (AvgIpc) is 2.99. The van der Waals surface area contributed by atoms with Gasteiger partial charge in [-0.3, -0.25) is 4.99 Å². The Bertz CT molecular complexity index is 1080. The van der Waals surface area contributed by atoms with E-state index in [0.717, 1.165) is 23.4 Å². The van der Waals surface area contributed by atoms with Crippen LogP contribution >= 0.6 is 0 Å². The maximum Gasteiger partial charge on any atom is 0.0682 e. The number of aryl methyl sites for hydroxylation is 1. The number of para-hydroxylation sites is 1. The molecule has 0 saturated carbocycles. The topological polar surface area (TPSA) is 37.5 Å². The van der Waals surface area contributed by atoms with Gasteiger partial charge in [-0.15, -0.1) is 0 Å². The van der Waals surface area contributed by atoms with Crippen LogP contribution in [-0.4, -0.2) is 15.9 Å². The minimum atomic E-state index is 0.0336. The van der Waals surface area contributed by atoms with Crippen molar-refractivity contribution in [2.75, 3.05) is 0 Å².